The fourth-order valence-electron chi connectivity index (χ4n) is 2.02. The maximum atomic E-state index is 11.8. The first kappa shape index (κ1) is 17.1. The van der Waals surface area contributed by atoms with E-state index in [2.05, 4.69) is 16.0 Å². The number of benzene rings is 2. The summed E-state index contributed by atoms with van der Waals surface area (Å²) in [7, 11) is 1.59. The molecule has 0 aliphatic carbocycles. The van der Waals surface area contributed by atoms with Gasteiger partial charge in [0.2, 0.25) is 5.91 Å². The van der Waals surface area contributed by atoms with Crippen LogP contribution in [0.2, 0.25) is 0 Å². The molecule has 24 heavy (non-hydrogen) atoms. The Bertz CT molecular complexity index is 739. The van der Waals surface area contributed by atoms with E-state index >= 15 is 0 Å². The maximum absolute atomic E-state index is 11.8. The van der Waals surface area contributed by atoms with E-state index in [4.69, 9.17) is 4.74 Å². The quantitative estimate of drug-likeness (QED) is 0.788. The van der Waals surface area contributed by atoms with E-state index < -0.39 is 0 Å². The largest absolute Gasteiger partial charge is 0.496 e. The number of hydrogen-bond donors (Lipinski definition) is 3. The average Bonchev–Trinajstić information content (AvgIpc) is 2.56. The van der Waals surface area contributed by atoms with Crippen LogP contribution in [0.4, 0.5) is 16.2 Å². The predicted molar refractivity (Wildman–Crippen MR) is 94.9 cm³/mol. The van der Waals surface area contributed by atoms with Crippen molar-refractivity contribution in [3.05, 3.63) is 60.3 Å². The van der Waals surface area contributed by atoms with Gasteiger partial charge in [-0.2, -0.15) is 0 Å². The van der Waals surface area contributed by atoms with E-state index in [1.165, 1.54) is 6.92 Å². The van der Waals surface area contributed by atoms with Gasteiger partial charge in [0.15, 0.2) is 0 Å². The molecule has 2 aromatic rings. The van der Waals surface area contributed by atoms with Crippen molar-refractivity contribution in [1.29, 1.82) is 0 Å². The lowest BCUT2D eigenvalue weighted by Crippen LogP contribution is -2.23. The van der Waals surface area contributed by atoms with Crippen molar-refractivity contribution in [2.75, 3.05) is 17.7 Å². The summed E-state index contributed by atoms with van der Waals surface area (Å²) in [6.07, 6.45) is 3.29. The Hall–Kier alpha value is -3.28. The zero-order chi connectivity index (χ0) is 17.4. The van der Waals surface area contributed by atoms with E-state index in [0.29, 0.717) is 11.4 Å². The summed E-state index contributed by atoms with van der Waals surface area (Å²) in [6.45, 7) is 1.44. The second-order valence-corrected chi connectivity index (χ2v) is 4.93. The molecule has 0 aliphatic rings. The van der Waals surface area contributed by atoms with Gasteiger partial charge in [-0.1, -0.05) is 18.2 Å². The highest BCUT2D eigenvalue weighted by molar-refractivity contribution is 5.91. The summed E-state index contributed by atoms with van der Waals surface area (Å²) in [6, 6.07) is 14.0. The zero-order valence-corrected chi connectivity index (χ0v) is 13.5. The van der Waals surface area contributed by atoms with Crippen molar-refractivity contribution in [3.8, 4) is 5.75 Å². The summed E-state index contributed by atoms with van der Waals surface area (Å²) in [4.78, 5) is 22.8. The molecule has 6 nitrogen and oxygen atoms in total. The van der Waals surface area contributed by atoms with Gasteiger partial charge in [0.1, 0.15) is 5.75 Å². The lowest BCUT2D eigenvalue weighted by molar-refractivity contribution is -0.114. The molecular weight excluding hydrogens is 306 g/mol. The number of anilines is 2. The minimum absolute atomic E-state index is 0.144. The van der Waals surface area contributed by atoms with Crippen LogP contribution in [-0.4, -0.2) is 19.0 Å². The molecule has 0 unspecified atom stereocenters. The fraction of sp³-hybridized carbons (Fsp3) is 0.111. The van der Waals surface area contributed by atoms with Crippen molar-refractivity contribution in [2.24, 2.45) is 0 Å². The Morgan fingerprint density at radius 1 is 0.958 bits per heavy atom. The van der Waals surface area contributed by atoms with Crippen LogP contribution in [0, 0.1) is 0 Å². The molecule has 0 spiro atoms. The van der Waals surface area contributed by atoms with Crippen molar-refractivity contribution < 1.29 is 14.3 Å². The van der Waals surface area contributed by atoms with E-state index in [-0.39, 0.29) is 11.9 Å². The Morgan fingerprint density at radius 3 is 2.21 bits per heavy atom. The van der Waals surface area contributed by atoms with Crippen LogP contribution in [0.5, 0.6) is 5.75 Å². The standard InChI is InChI=1S/C18H19N3O3/c1-13(22)20-15-7-9-16(10-8-15)21-18(23)19-12-11-14-5-3-4-6-17(14)24-2/h3-12H,1-2H3,(H,20,22)(H2,19,21,23)/b12-11+. The number of rotatable bonds is 5. The van der Waals surface area contributed by atoms with Crippen LogP contribution < -0.4 is 20.7 Å². The smallest absolute Gasteiger partial charge is 0.323 e. The molecule has 0 aliphatic heterocycles. The van der Waals surface area contributed by atoms with Crippen LogP contribution in [0.3, 0.4) is 0 Å². The van der Waals surface area contributed by atoms with Crippen molar-refractivity contribution in [3.63, 3.8) is 0 Å². The number of methoxy groups -OCH3 is 1. The summed E-state index contributed by atoms with van der Waals surface area (Å²) in [5, 5.41) is 7.97. The molecule has 0 saturated carbocycles. The number of amides is 3. The highest BCUT2D eigenvalue weighted by Crippen LogP contribution is 2.18. The van der Waals surface area contributed by atoms with E-state index in [1.807, 2.05) is 24.3 Å². The van der Waals surface area contributed by atoms with Gasteiger partial charge in [0.05, 0.1) is 7.11 Å². The lowest BCUT2D eigenvalue weighted by Gasteiger charge is -2.07. The first-order chi connectivity index (χ1) is 11.6. The van der Waals surface area contributed by atoms with Crippen molar-refractivity contribution >= 4 is 29.4 Å². The normalized spacial score (nSPS) is 10.2. The second-order valence-electron chi connectivity index (χ2n) is 4.93. The van der Waals surface area contributed by atoms with Crippen LogP contribution in [-0.2, 0) is 4.79 Å². The van der Waals surface area contributed by atoms with Crippen LogP contribution in [0.1, 0.15) is 12.5 Å². The Kier molecular flexibility index (Phi) is 5.96. The molecule has 0 bridgehead atoms. The Labute approximate surface area is 140 Å². The van der Waals surface area contributed by atoms with Gasteiger partial charge >= 0.3 is 6.03 Å². The number of ether oxygens (including phenoxy) is 1. The fourth-order valence-corrected chi connectivity index (χ4v) is 2.02. The van der Waals surface area contributed by atoms with Crippen molar-refractivity contribution in [1.82, 2.24) is 5.32 Å². The van der Waals surface area contributed by atoms with Crippen LogP contribution >= 0.6 is 0 Å². The molecule has 0 atom stereocenters. The SMILES string of the molecule is COc1ccccc1/C=C/NC(=O)Nc1ccc(NC(C)=O)cc1. The van der Waals surface area contributed by atoms with E-state index in [0.717, 1.165) is 11.3 Å². The number of urea groups is 1. The Balaban J connectivity index is 1.89. The third-order valence-electron chi connectivity index (χ3n) is 3.08. The monoisotopic (exact) mass is 325 g/mol. The zero-order valence-electron chi connectivity index (χ0n) is 13.5. The molecule has 0 radical (unpaired) electrons. The van der Waals surface area contributed by atoms with Gasteiger partial charge in [0.25, 0.3) is 0 Å². The number of hydrogen-bond acceptors (Lipinski definition) is 3. The average molecular weight is 325 g/mol. The number of carbonyl (C=O) groups excluding carboxylic acids is 2. The summed E-state index contributed by atoms with van der Waals surface area (Å²) in [5.41, 5.74) is 2.15. The van der Waals surface area contributed by atoms with E-state index in [1.54, 1.807) is 43.7 Å². The molecule has 2 aromatic carbocycles. The molecule has 0 saturated heterocycles. The highest BCUT2D eigenvalue weighted by Gasteiger charge is 2.01. The van der Waals surface area contributed by atoms with Gasteiger partial charge in [-0.3, -0.25) is 4.79 Å². The van der Waals surface area contributed by atoms with Gasteiger partial charge in [-0.15, -0.1) is 0 Å². The number of nitrogens with one attached hydrogen (secondary N) is 3. The third kappa shape index (κ3) is 5.17. The minimum atomic E-state index is -0.367. The number of carbonyl (C=O) groups is 2. The molecular formula is C18H19N3O3. The molecule has 3 amide bonds. The molecule has 3 N–H and O–H groups in total. The topological polar surface area (TPSA) is 79.5 Å². The second kappa shape index (κ2) is 8.38. The maximum Gasteiger partial charge on any atom is 0.323 e. The van der Waals surface area contributed by atoms with Crippen LogP contribution in [0.25, 0.3) is 6.08 Å². The van der Waals surface area contributed by atoms with Crippen LogP contribution in [0.15, 0.2) is 54.7 Å². The molecule has 0 heterocycles. The van der Waals surface area contributed by atoms with Crippen molar-refractivity contribution in [2.45, 2.75) is 6.92 Å². The van der Waals surface area contributed by atoms with Gasteiger partial charge < -0.3 is 20.7 Å². The van der Waals surface area contributed by atoms with Gasteiger partial charge in [-0.25, -0.2) is 4.79 Å². The third-order valence-corrected chi connectivity index (χ3v) is 3.08. The molecule has 124 valence electrons. The molecule has 0 fully saturated rings. The minimum Gasteiger partial charge on any atom is -0.496 e. The molecule has 0 aromatic heterocycles. The highest BCUT2D eigenvalue weighted by atomic mass is 16.5. The van der Waals surface area contributed by atoms with Gasteiger partial charge in [0, 0.05) is 30.1 Å². The van der Waals surface area contributed by atoms with E-state index in [9.17, 15) is 9.59 Å². The first-order valence-electron chi connectivity index (χ1n) is 7.33. The molecule has 6 heteroatoms. The predicted octanol–water partition coefficient (Wildman–Crippen LogP) is 3.45. The lowest BCUT2D eigenvalue weighted by atomic mass is 10.2. The summed E-state index contributed by atoms with van der Waals surface area (Å²) in [5.74, 6) is 0.583. The number of para-hydroxylation sites is 1. The first-order valence-corrected chi connectivity index (χ1v) is 7.33. The summed E-state index contributed by atoms with van der Waals surface area (Å²) < 4.78 is 5.23. The molecule has 2 rings (SSSR count). The summed E-state index contributed by atoms with van der Waals surface area (Å²) >= 11 is 0. The van der Waals surface area contributed by atoms with Gasteiger partial charge in [-0.05, 0) is 36.4 Å². The Morgan fingerprint density at radius 2 is 1.58 bits per heavy atom.